The van der Waals surface area contributed by atoms with Gasteiger partial charge in [0.1, 0.15) is 11.7 Å². The van der Waals surface area contributed by atoms with E-state index in [1.165, 1.54) is 11.9 Å². The maximum absolute atomic E-state index is 13.5. The van der Waals surface area contributed by atoms with Crippen molar-refractivity contribution in [3.63, 3.8) is 0 Å². The second-order valence-electron chi connectivity index (χ2n) is 8.07. The van der Waals surface area contributed by atoms with Crippen LogP contribution in [0.3, 0.4) is 0 Å². The van der Waals surface area contributed by atoms with Gasteiger partial charge in [-0.1, -0.05) is 42.5 Å². The molecule has 1 fully saturated rings. The molecule has 1 aromatic heterocycles. The summed E-state index contributed by atoms with van der Waals surface area (Å²) in [7, 11) is 0. The number of nitrogens with zero attached hydrogens (tertiary/aromatic N) is 2. The zero-order chi connectivity index (χ0) is 22.6. The fraction of sp³-hybridized carbons (Fsp3) is 0.200. The van der Waals surface area contributed by atoms with Gasteiger partial charge in [0.15, 0.2) is 0 Å². The Balaban J connectivity index is 1.45. The number of nitrogens with one attached hydrogen (secondary N) is 3. The molecule has 0 saturated carbocycles. The van der Waals surface area contributed by atoms with Crippen LogP contribution in [0.15, 0.2) is 77.7 Å². The van der Waals surface area contributed by atoms with Gasteiger partial charge in [-0.15, -0.1) is 0 Å². The summed E-state index contributed by atoms with van der Waals surface area (Å²) in [5.74, 6) is -0.0333. The zero-order valence-corrected chi connectivity index (χ0v) is 18.9. The van der Waals surface area contributed by atoms with E-state index in [-0.39, 0.29) is 11.9 Å². The van der Waals surface area contributed by atoms with Crippen LogP contribution in [0.4, 0.5) is 5.69 Å². The first kappa shape index (κ1) is 21.7. The van der Waals surface area contributed by atoms with Crippen molar-refractivity contribution >= 4 is 34.4 Å². The van der Waals surface area contributed by atoms with E-state index in [0.717, 1.165) is 64.5 Å². The third-order valence-corrected chi connectivity index (χ3v) is 6.48. The molecule has 4 aromatic rings. The summed E-state index contributed by atoms with van der Waals surface area (Å²) in [5.41, 5.74) is 4.46. The molecule has 7 nitrogen and oxygen atoms in total. The number of fused-ring (bicyclic) bond motifs is 1. The third-order valence-electron chi connectivity index (χ3n) is 5.95. The molecule has 168 valence electrons. The number of aromatic nitrogens is 2. The van der Waals surface area contributed by atoms with Gasteiger partial charge in [-0.05, 0) is 47.8 Å². The minimum Gasteiger partial charge on any atom is -0.324 e. The number of H-pyrrole nitrogens is 1. The van der Waals surface area contributed by atoms with E-state index >= 15 is 0 Å². The van der Waals surface area contributed by atoms with E-state index in [1.54, 1.807) is 0 Å². The van der Waals surface area contributed by atoms with E-state index in [4.69, 9.17) is 5.14 Å². The van der Waals surface area contributed by atoms with Gasteiger partial charge in [0.2, 0.25) is 5.91 Å². The van der Waals surface area contributed by atoms with Crippen LogP contribution < -0.4 is 15.8 Å². The Hall–Kier alpha value is -3.17. The molecular weight excluding hydrogens is 432 g/mol. The fourth-order valence-corrected chi connectivity index (χ4v) is 4.69. The monoisotopic (exact) mass is 458 g/mol. The predicted molar refractivity (Wildman–Crippen MR) is 134 cm³/mol. The van der Waals surface area contributed by atoms with Crippen molar-refractivity contribution < 1.29 is 4.79 Å². The lowest BCUT2D eigenvalue weighted by molar-refractivity contribution is -0.121. The second-order valence-corrected chi connectivity index (χ2v) is 8.77. The average Bonchev–Trinajstić information content (AvgIpc) is 3.29. The number of piperazine rings is 1. The molecule has 1 atom stereocenters. The molecule has 1 unspecified atom stereocenters. The van der Waals surface area contributed by atoms with E-state index in [2.05, 4.69) is 25.7 Å². The Morgan fingerprint density at radius 2 is 1.85 bits per heavy atom. The maximum Gasteiger partial charge on any atom is 0.246 e. The lowest BCUT2D eigenvalue weighted by atomic mass is 10.0. The van der Waals surface area contributed by atoms with E-state index in [9.17, 15) is 4.79 Å². The summed E-state index contributed by atoms with van der Waals surface area (Å²) in [6, 6.07) is 23.4. The van der Waals surface area contributed by atoms with Gasteiger partial charge < -0.3 is 10.6 Å². The number of hydrogen-bond acceptors (Lipinski definition) is 6. The summed E-state index contributed by atoms with van der Waals surface area (Å²) in [5, 5.41) is 20.8. The summed E-state index contributed by atoms with van der Waals surface area (Å²) in [6.07, 6.45) is 0. The molecular formula is C25H26N6OS. The van der Waals surface area contributed by atoms with Crippen LogP contribution in [0.2, 0.25) is 0 Å². The van der Waals surface area contributed by atoms with Crippen LogP contribution in [-0.2, 0) is 4.79 Å². The minimum atomic E-state index is -0.342. The van der Waals surface area contributed by atoms with Gasteiger partial charge in [0, 0.05) is 47.7 Å². The van der Waals surface area contributed by atoms with Crippen LogP contribution >= 0.6 is 11.9 Å². The number of aromatic amines is 1. The molecule has 8 heteroatoms. The highest BCUT2D eigenvalue weighted by atomic mass is 32.2. The second kappa shape index (κ2) is 9.76. The zero-order valence-electron chi connectivity index (χ0n) is 18.1. The summed E-state index contributed by atoms with van der Waals surface area (Å²) in [4.78, 5) is 16.7. The quantitative estimate of drug-likeness (QED) is 0.328. The SMILES string of the molecule is NSc1cccc(-c2n[nH]c3ccc(NC(=O)C(c4ccccc4)N4CCNCC4)cc23)c1. The molecule has 3 aromatic carbocycles. The standard InChI is InChI=1S/C25H26N6OS/c26-33-20-8-4-7-18(15-20)23-21-16-19(9-10-22(21)29-30-23)28-25(32)24(17-5-2-1-3-6-17)31-13-11-27-12-14-31/h1-10,15-16,24,27H,11-14,26H2,(H,28,32)(H,29,30). The molecule has 2 heterocycles. The summed E-state index contributed by atoms with van der Waals surface area (Å²) in [6.45, 7) is 3.41. The number of anilines is 1. The van der Waals surface area contributed by atoms with Gasteiger partial charge >= 0.3 is 0 Å². The number of carbonyl (C=O) groups excluding carboxylic acids is 1. The van der Waals surface area contributed by atoms with Crippen molar-refractivity contribution in [3.05, 3.63) is 78.4 Å². The van der Waals surface area contributed by atoms with Gasteiger partial charge in [0.05, 0.1) is 5.52 Å². The van der Waals surface area contributed by atoms with Gasteiger partial charge in [0.25, 0.3) is 0 Å². The molecule has 1 aliphatic rings. The number of carbonyl (C=O) groups is 1. The van der Waals surface area contributed by atoms with Gasteiger partial charge in [-0.25, -0.2) is 0 Å². The number of rotatable bonds is 6. The first-order chi connectivity index (χ1) is 16.2. The Bertz CT molecular complexity index is 1250. The Kier molecular flexibility index (Phi) is 6.41. The van der Waals surface area contributed by atoms with Crippen LogP contribution in [0.5, 0.6) is 0 Å². The van der Waals surface area contributed by atoms with Crippen molar-refractivity contribution in [2.45, 2.75) is 10.9 Å². The predicted octanol–water partition coefficient (Wildman–Crippen LogP) is 3.78. The Morgan fingerprint density at radius 1 is 1.03 bits per heavy atom. The molecule has 33 heavy (non-hydrogen) atoms. The van der Waals surface area contributed by atoms with Crippen LogP contribution in [0.1, 0.15) is 11.6 Å². The van der Waals surface area contributed by atoms with Crippen molar-refractivity contribution in [1.29, 1.82) is 0 Å². The molecule has 0 radical (unpaired) electrons. The molecule has 1 aliphatic heterocycles. The largest absolute Gasteiger partial charge is 0.324 e. The van der Waals surface area contributed by atoms with Crippen LogP contribution in [0, 0.1) is 0 Å². The maximum atomic E-state index is 13.5. The summed E-state index contributed by atoms with van der Waals surface area (Å²) >= 11 is 1.21. The normalized spacial score (nSPS) is 15.4. The topological polar surface area (TPSA) is 99.1 Å². The van der Waals surface area contributed by atoms with Gasteiger partial charge in [-0.2, -0.15) is 5.10 Å². The number of amides is 1. The lowest BCUT2D eigenvalue weighted by Crippen LogP contribution is -2.48. The van der Waals surface area contributed by atoms with Crippen molar-refractivity contribution in [1.82, 2.24) is 20.4 Å². The smallest absolute Gasteiger partial charge is 0.246 e. The molecule has 0 aliphatic carbocycles. The summed E-state index contributed by atoms with van der Waals surface area (Å²) < 4.78 is 0. The number of hydrogen-bond donors (Lipinski definition) is 4. The van der Waals surface area contributed by atoms with E-state index in [1.807, 2.05) is 72.8 Å². The molecule has 5 N–H and O–H groups in total. The number of nitrogens with two attached hydrogens (primary N) is 1. The molecule has 1 amide bonds. The molecule has 0 spiro atoms. The highest BCUT2D eigenvalue weighted by Crippen LogP contribution is 2.31. The average molecular weight is 459 g/mol. The fourth-order valence-electron chi connectivity index (χ4n) is 4.34. The highest BCUT2D eigenvalue weighted by molar-refractivity contribution is 7.97. The first-order valence-electron chi connectivity index (χ1n) is 11.0. The third kappa shape index (κ3) is 4.65. The minimum absolute atomic E-state index is 0.0333. The van der Waals surface area contributed by atoms with Crippen molar-refractivity contribution in [2.24, 2.45) is 5.14 Å². The van der Waals surface area contributed by atoms with Crippen molar-refractivity contribution in [2.75, 3.05) is 31.5 Å². The van der Waals surface area contributed by atoms with Crippen molar-refractivity contribution in [3.8, 4) is 11.3 Å². The first-order valence-corrected chi connectivity index (χ1v) is 11.9. The number of benzene rings is 3. The van der Waals surface area contributed by atoms with Crippen LogP contribution in [0.25, 0.3) is 22.2 Å². The molecule has 0 bridgehead atoms. The highest BCUT2D eigenvalue weighted by Gasteiger charge is 2.28. The molecule has 5 rings (SSSR count). The molecule has 1 saturated heterocycles. The van der Waals surface area contributed by atoms with E-state index < -0.39 is 0 Å². The van der Waals surface area contributed by atoms with Gasteiger partial charge in [-0.3, -0.25) is 19.9 Å². The lowest BCUT2D eigenvalue weighted by Gasteiger charge is -2.34. The Morgan fingerprint density at radius 3 is 2.64 bits per heavy atom. The van der Waals surface area contributed by atoms with E-state index in [0.29, 0.717) is 0 Å². The van der Waals surface area contributed by atoms with Crippen LogP contribution in [-0.4, -0.2) is 47.2 Å². The Labute approximate surface area is 196 Å².